The maximum atomic E-state index is 13.7. The minimum atomic E-state index is -0.0887. The summed E-state index contributed by atoms with van der Waals surface area (Å²) in [6, 6.07) is 29.5. The zero-order valence-corrected chi connectivity index (χ0v) is 20.9. The van der Waals surface area contributed by atoms with Crippen molar-refractivity contribution in [1.82, 2.24) is 0 Å². The summed E-state index contributed by atoms with van der Waals surface area (Å²) in [7, 11) is 0. The van der Waals surface area contributed by atoms with Gasteiger partial charge in [0.25, 0.3) is 0 Å². The third-order valence-electron chi connectivity index (χ3n) is 5.91. The van der Waals surface area contributed by atoms with Crippen molar-refractivity contribution >= 4 is 35.1 Å². The van der Waals surface area contributed by atoms with Crippen molar-refractivity contribution in [2.24, 2.45) is 0 Å². The molecule has 0 radical (unpaired) electrons. The first-order valence-electron chi connectivity index (χ1n) is 11.2. The van der Waals surface area contributed by atoms with Crippen molar-refractivity contribution in [2.75, 3.05) is 0 Å². The molecular weight excluding hydrogens is 456 g/mol. The summed E-state index contributed by atoms with van der Waals surface area (Å²) in [5.41, 5.74) is 3.31. The van der Waals surface area contributed by atoms with E-state index in [0.717, 1.165) is 19.6 Å². The lowest BCUT2D eigenvalue weighted by Gasteiger charge is -2.22. The smallest absolute Gasteiger partial charge is 0.195 e. The maximum absolute atomic E-state index is 13.7. The van der Waals surface area contributed by atoms with Crippen LogP contribution in [0.3, 0.4) is 0 Å². The first-order chi connectivity index (χ1) is 16.3. The van der Waals surface area contributed by atoms with E-state index in [1.54, 1.807) is 12.1 Å². The number of rotatable bonds is 4. The Bertz CT molecular complexity index is 1400. The van der Waals surface area contributed by atoms with Crippen LogP contribution in [0.4, 0.5) is 0 Å². The Morgan fingerprint density at radius 1 is 0.529 bits per heavy atom. The van der Waals surface area contributed by atoms with Crippen LogP contribution in [-0.4, -0.2) is 11.6 Å². The van der Waals surface area contributed by atoms with Crippen molar-refractivity contribution in [3.63, 3.8) is 0 Å². The molecule has 2 nitrogen and oxygen atoms in total. The molecule has 5 rings (SSSR count). The molecule has 4 heteroatoms. The van der Waals surface area contributed by atoms with Crippen molar-refractivity contribution < 1.29 is 9.59 Å². The fraction of sp³-hybridized carbons (Fsp3) is 0.133. The molecule has 0 aromatic heterocycles. The van der Waals surface area contributed by atoms with Crippen LogP contribution in [0.25, 0.3) is 0 Å². The topological polar surface area (TPSA) is 34.1 Å². The van der Waals surface area contributed by atoms with Crippen LogP contribution in [-0.2, 0) is 5.41 Å². The second-order valence-corrected chi connectivity index (χ2v) is 11.5. The lowest BCUT2D eigenvalue weighted by atomic mass is 9.84. The highest BCUT2D eigenvalue weighted by Crippen LogP contribution is 2.41. The van der Waals surface area contributed by atoms with Crippen LogP contribution in [0.15, 0.2) is 111 Å². The summed E-state index contributed by atoms with van der Waals surface area (Å²) >= 11 is 3.05. The van der Waals surface area contributed by atoms with Crippen LogP contribution in [0, 0.1) is 0 Å². The molecule has 0 N–H and O–H groups in total. The number of carbonyl (C=O) groups is 2. The molecule has 1 aliphatic rings. The van der Waals surface area contributed by atoms with Gasteiger partial charge < -0.3 is 0 Å². The Morgan fingerprint density at radius 3 is 1.47 bits per heavy atom. The average molecular weight is 481 g/mol. The first-order valence-corrected chi connectivity index (χ1v) is 12.8. The van der Waals surface area contributed by atoms with E-state index < -0.39 is 0 Å². The van der Waals surface area contributed by atoms with Gasteiger partial charge in [0.05, 0.1) is 0 Å². The van der Waals surface area contributed by atoms with Crippen LogP contribution < -0.4 is 0 Å². The molecule has 0 amide bonds. The van der Waals surface area contributed by atoms with Gasteiger partial charge >= 0.3 is 0 Å². The Kier molecular flexibility index (Phi) is 5.97. The van der Waals surface area contributed by atoms with Crippen molar-refractivity contribution in [3.8, 4) is 0 Å². The molecule has 0 atom stereocenters. The first kappa shape index (κ1) is 22.7. The van der Waals surface area contributed by atoms with Crippen molar-refractivity contribution in [3.05, 3.63) is 119 Å². The van der Waals surface area contributed by atoms with Gasteiger partial charge in [0.2, 0.25) is 0 Å². The number of benzene rings is 4. The highest BCUT2D eigenvalue weighted by atomic mass is 32.2. The van der Waals surface area contributed by atoms with Gasteiger partial charge in [-0.05, 0) is 47.4 Å². The SMILES string of the molecule is CC(C)(C)c1ccc(Sc2cccc3c2C(=O)c2cccc(Sc4ccccc4)c2C3=O)cc1. The molecule has 0 bridgehead atoms. The number of fused-ring (bicyclic) bond motifs is 2. The minimum Gasteiger partial charge on any atom is -0.289 e. The summed E-state index contributed by atoms with van der Waals surface area (Å²) in [6.07, 6.45) is 0. The summed E-state index contributed by atoms with van der Waals surface area (Å²) in [4.78, 5) is 31.0. The fourth-order valence-corrected chi connectivity index (χ4v) is 6.09. The van der Waals surface area contributed by atoms with Crippen LogP contribution >= 0.6 is 23.5 Å². The summed E-state index contributed by atoms with van der Waals surface area (Å²) in [5, 5.41) is 0. The van der Waals surface area contributed by atoms with E-state index in [0.29, 0.717) is 22.3 Å². The monoisotopic (exact) mass is 480 g/mol. The van der Waals surface area contributed by atoms with E-state index in [-0.39, 0.29) is 17.0 Å². The number of hydrogen-bond acceptors (Lipinski definition) is 4. The van der Waals surface area contributed by atoms with Gasteiger partial charge in [-0.15, -0.1) is 0 Å². The number of carbonyl (C=O) groups excluding carboxylic acids is 2. The van der Waals surface area contributed by atoms with E-state index >= 15 is 0 Å². The van der Waals surface area contributed by atoms with Gasteiger partial charge in [0, 0.05) is 41.8 Å². The van der Waals surface area contributed by atoms with Crippen molar-refractivity contribution in [1.29, 1.82) is 0 Å². The normalized spacial score (nSPS) is 12.9. The largest absolute Gasteiger partial charge is 0.289 e. The maximum Gasteiger partial charge on any atom is 0.195 e. The highest BCUT2D eigenvalue weighted by Gasteiger charge is 2.33. The van der Waals surface area contributed by atoms with E-state index in [9.17, 15) is 9.59 Å². The molecule has 0 saturated heterocycles. The van der Waals surface area contributed by atoms with Gasteiger partial charge in [-0.25, -0.2) is 0 Å². The van der Waals surface area contributed by atoms with E-state index in [2.05, 4.69) is 45.0 Å². The molecule has 1 aliphatic carbocycles. The summed E-state index contributed by atoms with van der Waals surface area (Å²) in [6.45, 7) is 6.57. The average Bonchev–Trinajstić information content (AvgIpc) is 2.83. The van der Waals surface area contributed by atoms with Gasteiger partial charge in [0.15, 0.2) is 11.6 Å². The minimum absolute atomic E-state index is 0.0800. The van der Waals surface area contributed by atoms with E-state index in [1.165, 1.54) is 29.1 Å². The molecule has 0 spiro atoms. The molecule has 0 unspecified atom stereocenters. The van der Waals surface area contributed by atoms with Gasteiger partial charge in [-0.2, -0.15) is 0 Å². The summed E-state index contributed by atoms with van der Waals surface area (Å²) in [5.74, 6) is -0.177. The van der Waals surface area contributed by atoms with Gasteiger partial charge in [-0.1, -0.05) is 98.9 Å². The third kappa shape index (κ3) is 4.24. The molecule has 34 heavy (non-hydrogen) atoms. The Morgan fingerprint density at radius 2 is 1.00 bits per heavy atom. The highest BCUT2D eigenvalue weighted by molar-refractivity contribution is 7.99. The standard InChI is InChI=1S/C30H24O2S2/c1-30(2,3)19-15-17-21(18-16-19)34-25-14-8-12-23-27(25)29(32)22-11-7-13-24(26(22)28(23)31)33-20-9-5-4-6-10-20/h4-18H,1-3H3. The molecule has 0 heterocycles. The number of ketones is 2. The quantitative estimate of drug-likeness (QED) is 0.260. The molecule has 4 aromatic carbocycles. The zero-order valence-electron chi connectivity index (χ0n) is 19.3. The van der Waals surface area contributed by atoms with Crippen molar-refractivity contribution in [2.45, 2.75) is 45.8 Å². The zero-order chi connectivity index (χ0) is 23.9. The molecule has 0 aliphatic heterocycles. The van der Waals surface area contributed by atoms with E-state index in [4.69, 9.17) is 0 Å². The third-order valence-corrected chi connectivity index (χ3v) is 8.05. The van der Waals surface area contributed by atoms with Gasteiger partial charge in [-0.3, -0.25) is 9.59 Å². The molecule has 4 aromatic rings. The Hall–Kier alpha value is -3.08. The molecule has 0 saturated carbocycles. The fourth-order valence-electron chi connectivity index (χ4n) is 4.11. The van der Waals surface area contributed by atoms with Gasteiger partial charge in [0.1, 0.15) is 0 Å². The van der Waals surface area contributed by atoms with Crippen LogP contribution in [0.2, 0.25) is 0 Å². The van der Waals surface area contributed by atoms with Crippen LogP contribution in [0.5, 0.6) is 0 Å². The lowest BCUT2D eigenvalue weighted by molar-refractivity contribution is 0.0974. The molecular formula is C30H24O2S2. The van der Waals surface area contributed by atoms with Crippen LogP contribution in [0.1, 0.15) is 58.2 Å². The lowest BCUT2D eigenvalue weighted by Crippen LogP contribution is -2.22. The molecule has 168 valence electrons. The summed E-state index contributed by atoms with van der Waals surface area (Å²) < 4.78 is 0. The second kappa shape index (κ2) is 8.94. The van der Waals surface area contributed by atoms with E-state index in [1.807, 2.05) is 54.6 Å². The number of hydrogen-bond donors (Lipinski definition) is 0. The Labute approximate surface area is 208 Å². The molecule has 0 fully saturated rings. The predicted molar refractivity (Wildman–Crippen MR) is 140 cm³/mol. The Balaban J connectivity index is 1.52. The predicted octanol–water partition coefficient (Wildman–Crippen LogP) is 8.06. The second-order valence-electron chi connectivity index (χ2n) is 9.31.